The van der Waals surface area contributed by atoms with Crippen molar-refractivity contribution in [2.45, 2.75) is 18.5 Å². The molecule has 5 rings (SSSR count). The molecular formula is C20H21N7O2. The summed E-state index contributed by atoms with van der Waals surface area (Å²) in [6.07, 6.45) is 4.29. The summed E-state index contributed by atoms with van der Waals surface area (Å²) >= 11 is 0. The van der Waals surface area contributed by atoms with Crippen molar-refractivity contribution in [1.82, 2.24) is 20.2 Å². The molecule has 0 aliphatic carbocycles. The second kappa shape index (κ2) is 7.19. The van der Waals surface area contributed by atoms with E-state index < -0.39 is 0 Å². The summed E-state index contributed by atoms with van der Waals surface area (Å²) in [7, 11) is 0. The van der Waals surface area contributed by atoms with Gasteiger partial charge in [-0.2, -0.15) is 5.10 Å². The van der Waals surface area contributed by atoms with E-state index >= 15 is 0 Å². The van der Waals surface area contributed by atoms with Crippen LogP contribution in [0.4, 0.5) is 17.3 Å². The van der Waals surface area contributed by atoms with Crippen LogP contribution in [0.15, 0.2) is 47.5 Å². The molecule has 4 heterocycles. The maximum absolute atomic E-state index is 12.5. The lowest BCUT2D eigenvalue weighted by atomic mass is 10.0. The summed E-state index contributed by atoms with van der Waals surface area (Å²) < 4.78 is 5.41. The Balaban J connectivity index is 1.59. The minimum atomic E-state index is -0.300. The Hall–Kier alpha value is -3.43. The Labute approximate surface area is 165 Å². The lowest BCUT2D eigenvalue weighted by molar-refractivity contribution is 0.0752. The molecule has 148 valence electrons. The topological polar surface area (TPSA) is 134 Å². The maximum atomic E-state index is 12.5. The third kappa shape index (κ3) is 3.30. The van der Waals surface area contributed by atoms with Crippen molar-refractivity contribution in [3.8, 4) is 0 Å². The molecule has 6 N–H and O–H groups in total. The quantitative estimate of drug-likeness (QED) is 0.359. The Morgan fingerprint density at radius 1 is 1.24 bits per heavy atom. The number of nitrogens with zero attached hydrogens (tertiary/aromatic N) is 2. The van der Waals surface area contributed by atoms with Gasteiger partial charge in [0.25, 0.3) is 5.56 Å². The first-order valence-corrected chi connectivity index (χ1v) is 9.50. The van der Waals surface area contributed by atoms with Crippen LogP contribution in [-0.4, -0.2) is 45.5 Å². The normalized spacial score (nSPS) is 19.5. The molecule has 1 aliphatic heterocycles. The average Bonchev–Trinajstić information content (AvgIpc) is 3.20. The summed E-state index contributed by atoms with van der Waals surface area (Å²) in [6, 6.07) is 9.65. The molecule has 3 aromatic heterocycles. The Kier molecular flexibility index (Phi) is 4.38. The number of pyridine rings is 1. The largest absolute Gasteiger partial charge is 0.380 e. The van der Waals surface area contributed by atoms with Gasteiger partial charge in [0.2, 0.25) is 0 Å². The van der Waals surface area contributed by atoms with Gasteiger partial charge in [-0.05, 0) is 24.6 Å². The fourth-order valence-corrected chi connectivity index (χ4v) is 3.73. The molecule has 0 radical (unpaired) electrons. The molecule has 1 fully saturated rings. The van der Waals surface area contributed by atoms with Crippen molar-refractivity contribution in [2.75, 3.05) is 23.8 Å². The highest BCUT2D eigenvalue weighted by Gasteiger charge is 2.23. The first kappa shape index (κ1) is 17.7. The molecular weight excluding hydrogens is 370 g/mol. The SMILES string of the molecule is NC1COCC[C@H]1Nc1cc2cn[nH]c(=O)c2c(Nc2cccc3cc[nH]c23)n1. The van der Waals surface area contributed by atoms with Crippen LogP contribution in [-0.2, 0) is 4.74 Å². The molecule has 9 heteroatoms. The Morgan fingerprint density at radius 2 is 2.17 bits per heavy atom. The number of fused-ring (bicyclic) bond motifs is 2. The molecule has 1 aromatic carbocycles. The zero-order chi connectivity index (χ0) is 19.8. The third-order valence-electron chi connectivity index (χ3n) is 5.22. The predicted molar refractivity (Wildman–Crippen MR) is 113 cm³/mol. The minimum Gasteiger partial charge on any atom is -0.380 e. The molecule has 1 saturated heterocycles. The van der Waals surface area contributed by atoms with Gasteiger partial charge in [0, 0.05) is 35.7 Å². The van der Waals surface area contributed by atoms with Gasteiger partial charge in [0.15, 0.2) is 0 Å². The number of para-hydroxylation sites is 1. The van der Waals surface area contributed by atoms with E-state index in [0.29, 0.717) is 35.6 Å². The highest BCUT2D eigenvalue weighted by atomic mass is 16.5. The van der Waals surface area contributed by atoms with Crippen LogP contribution < -0.4 is 21.9 Å². The number of anilines is 3. The fourth-order valence-electron chi connectivity index (χ4n) is 3.73. The number of hydrogen-bond donors (Lipinski definition) is 5. The molecule has 0 spiro atoms. The molecule has 4 aromatic rings. The van der Waals surface area contributed by atoms with Gasteiger partial charge in [-0.15, -0.1) is 0 Å². The first-order chi connectivity index (χ1) is 14.2. The van der Waals surface area contributed by atoms with E-state index in [0.717, 1.165) is 23.0 Å². The summed E-state index contributed by atoms with van der Waals surface area (Å²) in [6.45, 7) is 1.16. The molecule has 9 nitrogen and oxygen atoms in total. The number of nitrogens with two attached hydrogens (primary N) is 1. The van der Waals surface area contributed by atoms with E-state index in [2.05, 4.69) is 25.8 Å². The fraction of sp³-hybridized carbons (Fsp3) is 0.250. The van der Waals surface area contributed by atoms with Crippen LogP contribution in [0.1, 0.15) is 6.42 Å². The molecule has 0 amide bonds. The zero-order valence-corrected chi connectivity index (χ0v) is 15.6. The van der Waals surface area contributed by atoms with Crippen LogP contribution in [0.5, 0.6) is 0 Å². The maximum Gasteiger partial charge on any atom is 0.275 e. The monoisotopic (exact) mass is 391 g/mol. The predicted octanol–water partition coefficient (Wildman–Crippen LogP) is 2.07. The van der Waals surface area contributed by atoms with Crippen molar-refractivity contribution in [3.63, 3.8) is 0 Å². The van der Waals surface area contributed by atoms with Crippen molar-refractivity contribution in [1.29, 1.82) is 0 Å². The highest BCUT2D eigenvalue weighted by molar-refractivity contribution is 5.98. The lowest BCUT2D eigenvalue weighted by Crippen LogP contribution is -2.47. The molecule has 0 saturated carbocycles. The summed E-state index contributed by atoms with van der Waals surface area (Å²) in [5.74, 6) is 1.09. The van der Waals surface area contributed by atoms with Gasteiger partial charge in [0.05, 0.1) is 29.4 Å². The van der Waals surface area contributed by atoms with Gasteiger partial charge in [-0.1, -0.05) is 12.1 Å². The van der Waals surface area contributed by atoms with Gasteiger partial charge < -0.3 is 26.1 Å². The van der Waals surface area contributed by atoms with Gasteiger partial charge >= 0.3 is 0 Å². The van der Waals surface area contributed by atoms with Crippen LogP contribution in [0.3, 0.4) is 0 Å². The van der Waals surface area contributed by atoms with E-state index in [4.69, 9.17) is 15.5 Å². The molecule has 0 bridgehead atoms. The number of aromatic amines is 2. The van der Waals surface area contributed by atoms with Crippen LogP contribution in [0, 0.1) is 0 Å². The Bertz CT molecular complexity index is 1230. The van der Waals surface area contributed by atoms with Crippen LogP contribution >= 0.6 is 0 Å². The van der Waals surface area contributed by atoms with Crippen molar-refractivity contribution >= 4 is 39.0 Å². The van der Waals surface area contributed by atoms with E-state index in [1.54, 1.807) is 6.20 Å². The molecule has 29 heavy (non-hydrogen) atoms. The summed E-state index contributed by atoms with van der Waals surface area (Å²) in [5.41, 5.74) is 7.65. The van der Waals surface area contributed by atoms with E-state index in [1.807, 2.05) is 36.5 Å². The zero-order valence-electron chi connectivity index (χ0n) is 15.6. The van der Waals surface area contributed by atoms with Crippen LogP contribution in [0.2, 0.25) is 0 Å². The highest BCUT2D eigenvalue weighted by Crippen LogP contribution is 2.29. The minimum absolute atomic E-state index is 0.0448. The number of H-pyrrole nitrogens is 2. The molecule has 1 aliphatic rings. The number of hydrogen-bond acceptors (Lipinski definition) is 7. The second-order valence-electron chi connectivity index (χ2n) is 7.17. The van der Waals surface area contributed by atoms with E-state index in [9.17, 15) is 4.79 Å². The number of ether oxygens (including phenoxy) is 1. The van der Waals surface area contributed by atoms with Crippen molar-refractivity contribution in [2.24, 2.45) is 5.73 Å². The van der Waals surface area contributed by atoms with Gasteiger partial charge in [0.1, 0.15) is 11.6 Å². The molecule has 1 unspecified atom stereocenters. The van der Waals surface area contributed by atoms with Crippen LogP contribution in [0.25, 0.3) is 21.7 Å². The number of benzene rings is 1. The van der Waals surface area contributed by atoms with E-state index in [-0.39, 0.29) is 17.6 Å². The molecule has 2 atom stereocenters. The second-order valence-corrected chi connectivity index (χ2v) is 7.17. The first-order valence-electron chi connectivity index (χ1n) is 9.50. The van der Waals surface area contributed by atoms with Gasteiger partial charge in [-0.3, -0.25) is 4.79 Å². The lowest BCUT2D eigenvalue weighted by Gasteiger charge is -2.30. The number of rotatable bonds is 4. The van der Waals surface area contributed by atoms with E-state index in [1.165, 1.54) is 0 Å². The van der Waals surface area contributed by atoms with Crippen molar-refractivity contribution in [3.05, 3.63) is 53.1 Å². The summed E-state index contributed by atoms with van der Waals surface area (Å²) in [5, 5.41) is 15.3. The third-order valence-corrected chi connectivity index (χ3v) is 5.22. The van der Waals surface area contributed by atoms with Crippen molar-refractivity contribution < 1.29 is 4.74 Å². The smallest absolute Gasteiger partial charge is 0.275 e. The average molecular weight is 391 g/mol. The Morgan fingerprint density at radius 3 is 3.07 bits per heavy atom. The number of nitrogens with one attached hydrogen (secondary N) is 4. The number of aromatic nitrogens is 4. The standard InChI is InChI=1S/C20H21N7O2/c21-13-10-29-7-5-14(13)24-16-8-12-9-23-27-20(28)17(12)19(26-16)25-15-3-1-2-11-4-6-22-18(11)15/h1-4,6,8-9,13-14,22H,5,7,10,21H2,(H,27,28)(H2,24,25,26)/t13?,14-/m1/s1. The summed E-state index contributed by atoms with van der Waals surface area (Å²) in [4.78, 5) is 20.4. The van der Waals surface area contributed by atoms with Gasteiger partial charge in [-0.25, -0.2) is 10.1 Å².